The van der Waals surface area contributed by atoms with E-state index in [1.54, 1.807) is 6.07 Å². The van der Waals surface area contributed by atoms with Gasteiger partial charge in [-0.15, -0.1) is 0 Å². The molecule has 0 aliphatic heterocycles. The molecule has 0 unspecified atom stereocenters. The molecule has 0 aromatic carbocycles. The largest absolute Gasteiger partial charge is 0.382 e. The number of nitrogens with two attached hydrogens (primary N) is 1. The van der Waals surface area contributed by atoms with Gasteiger partial charge in [-0.2, -0.15) is 10.1 Å². The molecule has 1 saturated carbocycles. The number of nitrogens with zero attached hydrogens (tertiary/aromatic N) is 3. The number of anilines is 1. The molecule has 0 bridgehead atoms. The van der Waals surface area contributed by atoms with Crippen LogP contribution in [-0.2, 0) is 0 Å². The Kier molecular flexibility index (Phi) is 3.23. The highest BCUT2D eigenvalue weighted by Gasteiger charge is 2.25. The van der Waals surface area contributed by atoms with Crippen molar-refractivity contribution in [2.45, 2.75) is 44.9 Å². The Hall–Kier alpha value is -1.85. The Balaban J connectivity index is 1.72. The molecule has 0 amide bonds. The predicted molar refractivity (Wildman–Crippen MR) is 71.3 cm³/mol. The molecule has 0 radical (unpaired) electrons. The van der Waals surface area contributed by atoms with Gasteiger partial charge in [0.1, 0.15) is 11.5 Å². The van der Waals surface area contributed by atoms with Crippen LogP contribution in [0.2, 0.25) is 0 Å². The van der Waals surface area contributed by atoms with Gasteiger partial charge < -0.3 is 10.3 Å². The second-order valence-electron chi connectivity index (χ2n) is 5.29. The van der Waals surface area contributed by atoms with Gasteiger partial charge in [0.05, 0.1) is 0 Å². The molecule has 19 heavy (non-hydrogen) atoms. The zero-order valence-electron chi connectivity index (χ0n) is 11.1. The van der Waals surface area contributed by atoms with E-state index in [-0.39, 0.29) is 0 Å². The number of nitrogen functional groups attached to an aromatic ring is 1. The van der Waals surface area contributed by atoms with Gasteiger partial charge in [0.15, 0.2) is 5.82 Å². The molecule has 2 aromatic rings. The molecule has 2 aromatic heterocycles. The van der Waals surface area contributed by atoms with Gasteiger partial charge in [-0.3, -0.25) is 5.10 Å². The van der Waals surface area contributed by atoms with Crippen molar-refractivity contribution in [3.63, 3.8) is 0 Å². The van der Waals surface area contributed by atoms with Crippen LogP contribution < -0.4 is 5.73 Å². The Labute approximate surface area is 111 Å². The monoisotopic (exact) mass is 261 g/mol. The normalized spacial score (nSPS) is 23.6. The van der Waals surface area contributed by atoms with Crippen molar-refractivity contribution in [3.05, 3.63) is 11.9 Å². The fourth-order valence-electron chi connectivity index (χ4n) is 2.79. The summed E-state index contributed by atoms with van der Waals surface area (Å²) >= 11 is 0. The molecule has 1 aliphatic rings. The van der Waals surface area contributed by atoms with Gasteiger partial charge in [-0.25, -0.2) is 0 Å². The maximum Gasteiger partial charge on any atom is 0.276 e. The minimum atomic E-state index is 0.429. The summed E-state index contributed by atoms with van der Waals surface area (Å²) in [5.74, 6) is 3.02. The van der Waals surface area contributed by atoms with E-state index >= 15 is 0 Å². The first-order valence-corrected chi connectivity index (χ1v) is 6.91. The summed E-state index contributed by atoms with van der Waals surface area (Å²) in [6.07, 6.45) is 6.12. The lowest BCUT2D eigenvalue weighted by Gasteiger charge is -2.25. The van der Waals surface area contributed by atoms with Gasteiger partial charge in [0.25, 0.3) is 5.89 Å². The van der Waals surface area contributed by atoms with E-state index < -0.39 is 0 Å². The predicted octanol–water partition coefficient (Wildman–Crippen LogP) is 2.73. The van der Waals surface area contributed by atoms with Crippen molar-refractivity contribution >= 4 is 5.82 Å². The number of rotatable bonds is 3. The van der Waals surface area contributed by atoms with Crippen molar-refractivity contribution in [3.8, 4) is 11.6 Å². The van der Waals surface area contributed by atoms with Crippen molar-refractivity contribution in [2.75, 3.05) is 5.73 Å². The maximum atomic E-state index is 5.56. The number of aromatic nitrogens is 4. The highest BCUT2D eigenvalue weighted by atomic mass is 16.5. The third-order valence-electron chi connectivity index (χ3n) is 4.06. The van der Waals surface area contributed by atoms with E-state index in [1.807, 2.05) is 0 Å². The van der Waals surface area contributed by atoms with Crippen molar-refractivity contribution in [1.82, 2.24) is 20.3 Å². The minimum Gasteiger partial charge on any atom is -0.382 e. The Morgan fingerprint density at radius 3 is 2.79 bits per heavy atom. The number of nitrogens with one attached hydrogen (secondary N) is 1. The van der Waals surface area contributed by atoms with Crippen LogP contribution in [0.25, 0.3) is 11.6 Å². The zero-order valence-corrected chi connectivity index (χ0v) is 11.1. The van der Waals surface area contributed by atoms with Crippen LogP contribution in [0.3, 0.4) is 0 Å². The smallest absolute Gasteiger partial charge is 0.276 e. The van der Waals surface area contributed by atoms with Crippen molar-refractivity contribution in [2.24, 2.45) is 5.92 Å². The van der Waals surface area contributed by atoms with Crippen LogP contribution in [0.5, 0.6) is 0 Å². The zero-order chi connectivity index (χ0) is 13.2. The molecule has 2 heterocycles. The maximum absolute atomic E-state index is 5.56. The molecule has 0 saturated heterocycles. The second kappa shape index (κ2) is 5.03. The molecule has 1 aliphatic carbocycles. The van der Waals surface area contributed by atoms with Crippen LogP contribution in [0.1, 0.15) is 50.8 Å². The summed E-state index contributed by atoms with van der Waals surface area (Å²) in [6.45, 7) is 2.26. The number of aromatic amines is 1. The average Bonchev–Trinajstić information content (AvgIpc) is 3.07. The lowest BCUT2D eigenvalue weighted by atomic mass is 9.80. The highest BCUT2D eigenvalue weighted by molar-refractivity contribution is 5.51. The number of hydrogen-bond donors (Lipinski definition) is 2. The fraction of sp³-hybridized carbons (Fsp3) is 0.615. The van der Waals surface area contributed by atoms with E-state index in [9.17, 15) is 0 Å². The first kappa shape index (κ1) is 12.2. The molecule has 3 rings (SSSR count). The standard InChI is InChI=1S/C13H19N5O/c1-2-8-3-5-9(6-4-8)12-15-13(19-18-12)10-7-11(14)17-16-10/h7-9H,2-6H2,1H3,(H3,14,16,17). The lowest BCUT2D eigenvalue weighted by Crippen LogP contribution is -2.13. The molecular weight excluding hydrogens is 242 g/mol. The average molecular weight is 261 g/mol. The Morgan fingerprint density at radius 1 is 1.37 bits per heavy atom. The molecule has 0 spiro atoms. The van der Waals surface area contributed by atoms with Crippen molar-refractivity contribution in [1.29, 1.82) is 0 Å². The van der Waals surface area contributed by atoms with E-state index in [2.05, 4.69) is 27.3 Å². The summed E-state index contributed by atoms with van der Waals surface area (Å²) in [6, 6.07) is 1.70. The van der Waals surface area contributed by atoms with Crippen LogP contribution in [0.4, 0.5) is 5.82 Å². The Morgan fingerprint density at radius 2 is 2.16 bits per heavy atom. The Bertz CT molecular complexity index is 539. The molecule has 0 atom stereocenters. The minimum absolute atomic E-state index is 0.429. The highest BCUT2D eigenvalue weighted by Crippen LogP contribution is 2.36. The van der Waals surface area contributed by atoms with Gasteiger partial charge in [0.2, 0.25) is 0 Å². The molecular formula is C13H19N5O. The molecule has 102 valence electrons. The third-order valence-corrected chi connectivity index (χ3v) is 4.06. The van der Waals surface area contributed by atoms with Gasteiger partial charge >= 0.3 is 0 Å². The second-order valence-corrected chi connectivity index (χ2v) is 5.29. The summed E-state index contributed by atoms with van der Waals surface area (Å²) in [4.78, 5) is 4.46. The quantitative estimate of drug-likeness (QED) is 0.886. The van der Waals surface area contributed by atoms with Crippen LogP contribution >= 0.6 is 0 Å². The molecule has 1 fully saturated rings. The first-order chi connectivity index (χ1) is 9.26. The fourth-order valence-corrected chi connectivity index (χ4v) is 2.79. The van der Waals surface area contributed by atoms with Crippen LogP contribution in [0.15, 0.2) is 10.6 Å². The van der Waals surface area contributed by atoms with Gasteiger partial charge in [-0.1, -0.05) is 18.5 Å². The first-order valence-electron chi connectivity index (χ1n) is 6.91. The van der Waals surface area contributed by atoms with Gasteiger partial charge in [0, 0.05) is 12.0 Å². The molecule has 6 heteroatoms. The lowest BCUT2D eigenvalue weighted by molar-refractivity contribution is 0.305. The topological polar surface area (TPSA) is 93.6 Å². The van der Waals surface area contributed by atoms with E-state index in [1.165, 1.54) is 19.3 Å². The summed E-state index contributed by atoms with van der Waals surface area (Å²) < 4.78 is 5.28. The van der Waals surface area contributed by atoms with Gasteiger partial charge in [-0.05, 0) is 31.6 Å². The summed E-state index contributed by atoms with van der Waals surface area (Å²) in [7, 11) is 0. The van der Waals surface area contributed by atoms with E-state index in [0.717, 1.165) is 24.6 Å². The van der Waals surface area contributed by atoms with E-state index in [0.29, 0.717) is 23.3 Å². The van der Waals surface area contributed by atoms with Crippen LogP contribution in [0, 0.1) is 5.92 Å². The third kappa shape index (κ3) is 2.47. The van der Waals surface area contributed by atoms with E-state index in [4.69, 9.17) is 10.3 Å². The number of H-pyrrole nitrogens is 1. The molecule has 3 N–H and O–H groups in total. The number of hydrogen-bond acceptors (Lipinski definition) is 5. The molecule has 6 nitrogen and oxygen atoms in total. The van der Waals surface area contributed by atoms with Crippen molar-refractivity contribution < 1.29 is 4.52 Å². The SMILES string of the molecule is CCC1CCC(c2noc(-c3cc(N)n[nH]3)n2)CC1. The summed E-state index contributed by atoms with van der Waals surface area (Å²) in [5, 5.41) is 10.7. The van der Waals surface area contributed by atoms with Crippen LogP contribution in [-0.4, -0.2) is 20.3 Å². The summed E-state index contributed by atoms with van der Waals surface area (Å²) in [5.41, 5.74) is 6.24.